The molecule has 3 unspecified atom stereocenters. The molecular formula is C47H75N3O3. The monoisotopic (exact) mass is 730 g/mol. The summed E-state index contributed by atoms with van der Waals surface area (Å²) < 4.78 is 0. The van der Waals surface area contributed by atoms with E-state index < -0.39 is 0 Å². The second kappa shape index (κ2) is 15.5. The van der Waals surface area contributed by atoms with Gasteiger partial charge in [-0.15, -0.1) is 0 Å². The predicted molar refractivity (Wildman–Crippen MR) is 223 cm³/mol. The highest BCUT2D eigenvalue weighted by atomic mass is 16.2. The lowest BCUT2D eigenvalue weighted by Crippen LogP contribution is -2.54. The third-order valence-electron chi connectivity index (χ3n) is 11.1. The van der Waals surface area contributed by atoms with Crippen molar-refractivity contribution in [3.63, 3.8) is 0 Å². The van der Waals surface area contributed by atoms with Gasteiger partial charge in [0, 0.05) is 47.2 Å². The van der Waals surface area contributed by atoms with E-state index in [1.54, 1.807) is 0 Å². The molecule has 53 heavy (non-hydrogen) atoms. The maximum absolute atomic E-state index is 12.9. The molecule has 0 bridgehead atoms. The zero-order valence-corrected chi connectivity index (χ0v) is 37.0. The Bertz CT molecular complexity index is 1480. The minimum atomic E-state index is -0.183. The highest BCUT2D eigenvalue weighted by Crippen LogP contribution is 2.44. The maximum atomic E-state index is 12.9. The molecule has 5 rings (SSSR count). The van der Waals surface area contributed by atoms with Crippen LogP contribution in [-0.4, -0.2) is 50.7 Å². The lowest BCUT2D eigenvalue weighted by Gasteiger charge is -2.45. The average molecular weight is 730 g/mol. The molecule has 3 aliphatic heterocycles. The molecule has 6 nitrogen and oxygen atoms in total. The van der Waals surface area contributed by atoms with Crippen molar-refractivity contribution in [1.82, 2.24) is 9.80 Å². The van der Waals surface area contributed by atoms with Gasteiger partial charge in [0.05, 0.1) is 5.92 Å². The number of likely N-dealkylation sites (tertiary alicyclic amines) is 1. The molecule has 0 radical (unpaired) electrons. The first kappa shape index (κ1) is 44.2. The fraction of sp³-hybridized carbons (Fsp3) is 0.681. The minimum absolute atomic E-state index is 0.00584. The van der Waals surface area contributed by atoms with Crippen LogP contribution < -0.4 is 4.90 Å². The summed E-state index contributed by atoms with van der Waals surface area (Å²) in [7, 11) is 0. The summed E-state index contributed by atoms with van der Waals surface area (Å²) in [6.45, 7) is 40.1. The van der Waals surface area contributed by atoms with Crippen LogP contribution in [0.1, 0.15) is 160 Å². The van der Waals surface area contributed by atoms with Crippen molar-refractivity contribution < 1.29 is 14.4 Å². The lowest BCUT2D eigenvalue weighted by molar-refractivity contribution is -0.148. The molecule has 3 heterocycles. The number of carbonyl (C=O) groups excluding carboxylic acids is 3. The van der Waals surface area contributed by atoms with Gasteiger partial charge in [0.15, 0.2) is 0 Å². The first-order chi connectivity index (χ1) is 23.9. The van der Waals surface area contributed by atoms with E-state index in [2.05, 4.69) is 161 Å². The second-order valence-corrected chi connectivity index (χ2v) is 21.9. The number of fused-ring (bicyclic) bond motifs is 2. The molecule has 0 aliphatic carbocycles. The van der Waals surface area contributed by atoms with Gasteiger partial charge in [-0.3, -0.25) is 14.4 Å². The van der Waals surface area contributed by atoms with Crippen molar-refractivity contribution in [2.75, 3.05) is 11.4 Å². The number of para-hydroxylation sites is 1. The van der Waals surface area contributed by atoms with Crippen LogP contribution >= 0.6 is 0 Å². The average Bonchev–Trinajstić information content (AvgIpc) is 2.97. The highest BCUT2D eigenvalue weighted by molar-refractivity contribution is 5.99. The van der Waals surface area contributed by atoms with Crippen LogP contribution in [0, 0.1) is 28.1 Å². The molecule has 0 N–H and O–H groups in total. The van der Waals surface area contributed by atoms with Gasteiger partial charge in [-0.2, -0.15) is 0 Å². The molecule has 1 saturated heterocycles. The lowest BCUT2D eigenvalue weighted by atomic mass is 9.72. The number of benzene rings is 2. The fourth-order valence-corrected chi connectivity index (χ4v) is 8.10. The summed E-state index contributed by atoms with van der Waals surface area (Å²) in [6, 6.07) is 16.7. The van der Waals surface area contributed by atoms with Crippen LogP contribution in [0.2, 0.25) is 0 Å². The van der Waals surface area contributed by atoms with E-state index >= 15 is 0 Å². The standard InChI is InChI=1S/2C17H25NO.C13H25NO/c1-16(2,3)13-11-12-9-7-8-10-14(12)18(15(13)19)17(4,5)6;1-16(2,3)14-13-10-8-7-9-12(13)11-18(15(14)19)17(4,5)6;1-12(2,3)10-8-7-9-14(11(10)15)13(4,5)6/h7-10,13H,11H2,1-6H3;7-10,14H,11H2,1-6H3;10H,7-9H2,1-6H3. The van der Waals surface area contributed by atoms with Gasteiger partial charge in [0.25, 0.3) is 0 Å². The van der Waals surface area contributed by atoms with Crippen LogP contribution in [0.25, 0.3) is 0 Å². The Morgan fingerprint density at radius 3 is 1.47 bits per heavy atom. The third kappa shape index (κ3) is 10.5. The molecule has 0 aromatic heterocycles. The van der Waals surface area contributed by atoms with Crippen molar-refractivity contribution >= 4 is 23.4 Å². The Morgan fingerprint density at radius 2 is 1.00 bits per heavy atom. The van der Waals surface area contributed by atoms with Gasteiger partial charge in [0.1, 0.15) is 0 Å². The SMILES string of the molecule is CC(C)(C)C1C(=O)N(C(C)(C)C)Cc2ccccc21.CC(C)(C)C1CCCN(C(C)(C)C)C1=O.CC(C)(C)C1Cc2ccccc2N(C(C)(C)C)C1=O. The fourth-order valence-electron chi connectivity index (χ4n) is 8.10. The number of hydrogen-bond acceptors (Lipinski definition) is 3. The predicted octanol–water partition coefficient (Wildman–Crippen LogP) is 11.1. The van der Waals surface area contributed by atoms with Crippen molar-refractivity contribution in [1.29, 1.82) is 0 Å². The highest BCUT2D eigenvalue weighted by Gasteiger charge is 2.45. The van der Waals surface area contributed by atoms with E-state index in [9.17, 15) is 14.4 Å². The zero-order valence-electron chi connectivity index (χ0n) is 37.0. The van der Waals surface area contributed by atoms with Gasteiger partial charge in [-0.1, -0.05) is 105 Å². The summed E-state index contributed by atoms with van der Waals surface area (Å²) >= 11 is 0. The topological polar surface area (TPSA) is 60.9 Å². The third-order valence-corrected chi connectivity index (χ3v) is 11.1. The maximum Gasteiger partial charge on any atom is 0.231 e. The molecule has 3 atom stereocenters. The normalized spacial score (nSPS) is 21.6. The molecule has 1 fully saturated rings. The van der Waals surface area contributed by atoms with Gasteiger partial charge >= 0.3 is 0 Å². The first-order valence-corrected chi connectivity index (χ1v) is 20.0. The molecule has 0 spiro atoms. The molecule has 296 valence electrons. The van der Waals surface area contributed by atoms with Crippen molar-refractivity contribution in [3.8, 4) is 0 Å². The van der Waals surface area contributed by atoms with Gasteiger partial charge < -0.3 is 14.7 Å². The van der Waals surface area contributed by atoms with E-state index in [0.717, 1.165) is 38.0 Å². The van der Waals surface area contributed by atoms with Crippen LogP contribution in [0.5, 0.6) is 0 Å². The van der Waals surface area contributed by atoms with Gasteiger partial charge in [0.2, 0.25) is 17.7 Å². The first-order valence-electron chi connectivity index (χ1n) is 20.0. The van der Waals surface area contributed by atoms with E-state index in [-0.39, 0.29) is 62.4 Å². The van der Waals surface area contributed by atoms with Gasteiger partial charge in [-0.25, -0.2) is 0 Å². The van der Waals surface area contributed by atoms with E-state index in [1.165, 1.54) is 16.7 Å². The van der Waals surface area contributed by atoms with Crippen molar-refractivity contribution in [2.45, 2.75) is 173 Å². The summed E-state index contributed by atoms with van der Waals surface area (Å²) in [5.74, 6) is 1.09. The van der Waals surface area contributed by atoms with Crippen LogP contribution in [0.3, 0.4) is 0 Å². The molecule has 3 aliphatic rings. The number of carbonyl (C=O) groups is 3. The Morgan fingerprint density at radius 1 is 0.509 bits per heavy atom. The summed E-state index contributed by atoms with van der Waals surface area (Å²) in [5, 5.41) is 0. The smallest absolute Gasteiger partial charge is 0.231 e. The van der Waals surface area contributed by atoms with E-state index in [1.807, 2.05) is 26.8 Å². The second-order valence-electron chi connectivity index (χ2n) is 21.9. The molecule has 2 aromatic rings. The zero-order chi connectivity index (χ0) is 40.7. The van der Waals surface area contributed by atoms with E-state index in [4.69, 9.17) is 0 Å². The summed E-state index contributed by atoms with van der Waals surface area (Å²) in [5.41, 5.74) is 4.56. The van der Waals surface area contributed by atoms with Crippen molar-refractivity contribution in [3.05, 3.63) is 65.2 Å². The van der Waals surface area contributed by atoms with Crippen LogP contribution in [-0.2, 0) is 27.3 Å². The van der Waals surface area contributed by atoms with Crippen LogP contribution in [0.15, 0.2) is 48.5 Å². The van der Waals surface area contributed by atoms with E-state index in [0.29, 0.717) is 5.91 Å². The molecule has 2 aromatic carbocycles. The number of hydrogen-bond donors (Lipinski definition) is 0. The Kier molecular flexibility index (Phi) is 13.0. The Hall–Kier alpha value is -3.15. The largest absolute Gasteiger partial charge is 0.338 e. The molecule has 6 heteroatoms. The van der Waals surface area contributed by atoms with Crippen molar-refractivity contribution in [2.24, 2.45) is 28.1 Å². The number of amides is 3. The number of rotatable bonds is 0. The summed E-state index contributed by atoms with van der Waals surface area (Å²) in [6.07, 6.45) is 3.05. The molecule has 0 saturated carbocycles. The number of nitrogens with zero attached hydrogens (tertiary/aromatic N) is 3. The minimum Gasteiger partial charge on any atom is -0.338 e. The Balaban J connectivity index is 0.000000216. The summed E-state index contributed by atoms with van der Waals surface area (Å²) in [4.78, 5) is 44.2. The number of anilines is 1. The molecule has 3 amide bonds. The quantitative estimate of drug-likeness (QED) is 0.271. The van der Waals surface area contributed by atoms with Crippen LogP contribution in [0.4, 0.5) is 5.69 Å². The Labute approximate surface area is 324 Å². The number of piperidine rings is 1. The van der Waals surface area contributed by atoms with Gasteiger partial charge in [-0.05, 0) is 121 Å². The molecular weight excluding hydrogens is 655 g/mol.